The van der Waals surface area contributed by atoms with E-state index in [0.29, 0.717) is 31.2 Å². The number of hydrogen-bond donors (Lipinski definition) is 1. The maximum Gasteiger partial charge on any atom is 0.322 e. The number of amides is 3. The molecule has 1 fully saturated rings. The smallest absolute Gasteiger partial charge is 0.322 e. The summed E-state index contributed by atoms with van der Waals surface area (Å²) < 4.78 is 24.4. The number of aryl methyl sites for hydroxylation is 1. The van der Waals surface area contributed by atoms with E-state index in [-0.39, 0.29) is 37.4 Å². The van der Waals surface area contributed by atoms with Crippen molar-refractivity contribution in [3.63, 3.8) is 0 Å². The lowest BCUT2D eigenvalue weighted by atomic mass is 10.1. The minimum absolute atomic E-state index is 0.0929. The molecule has 0 atom stereocenters. The monoisotopic (exact) mass is 536 g/mol. The number of carbonyl (C=O) groups is 2. The van der Waals surface area contributed by atoms with Gasteiger partial charge in [0.05, 0.1) is 26.0 Å². The van der Waals surface area contributed by atoms with Crippen molar-refractivity contribution in [2.45, 2.75) is 32.9 Å². The highest BCUT2D eigenvalue weighted by atomic mass is 19.1. The van der Waals surface area contributed by atoms with Crippen LogP contribution in [0, 0.1) is 5.82 Å². The van der Waals surface area contributed by atoms with E-state index < -0.39 is 0 Å². The highest BCUT2D eigenvalue weighted by Crippen LogP contribution is 2.15. The zero-order chi connectivity index (χ0) is 27.5. The molecule has 208 valence electrons. The van der Waals surface area contributed by atoms with Gasteiger partial charge in [-0.25, -0.2) is 9.18 Å². The number of carbonyl (C=O) groups excluding carboxylic acids is 2. The minimum Gasteiger partial charge on any atom is -0.467 e. The van der Waals surface area contributed by atoms with Gasteiger partial charge in [-0.3, -0.25) is 9.69 Å². The molecule has 39 heavy (non-hydrogen) atoms. The van der Waals surface area contributed by atoms with Crippen LogP contribution in [0.2, 0.25) is 0 Å². The summed E-state index contributed by atoms with van der Waals surface area (Å²) >= 11 is 0. The van der Waals surface area contributed by atoms with E-state index in [1.54, 1.807) is 40.3 Å². The summed E-state index contributed by atoms with van der Waals surface area (Å²) in [6.45, 7) is 6.87. The van der Waals surface area contributed by atoms with Crippen LogP contribution in [0.3, 0.4) is 0 Å². The fraction of sp³-hybridized carbons (Fsp3) is 0.400. The van der Waals surface area contributed by atoms with Gasteiger partial charge in [-0.05, 0) is 60.4 Å². The Bertz CT molecular complexity index is 1180. The number of nitrogens with one attached hydrogen (secondary N) is 1. The Kier molecular flexibility index (Phi) is 10.5. The second-order valence-electron chi connectivity index (χ2n) is 9.67. The number of rotatable bonds is 12. The van der Waals surface area contributed by atoms with Gasteiger partial charge in [0.25, 0.3) is 0 Å². The first-order chi connectivity index (χ1) is 19.0. The van der Waals surface area contributed by atoms with E-state index in [4.69, 9.17) is 9.15 Å². The summed E-state index contributed by atoms with van der Waals surface area (Å²) in [7, 11) is 0. The van der Waals surface area contributed by atoms with Crippen molar-refractivity contribution < 1.29 is 23.1 Å². The molecule has 1 saturated heterocycles. The number of nitrogens with zero attached hydrogens (tertiary/aromatic N) is 3. The number of urea groups is 1. The molecule has 8 nitrogen and oxygen atoms in total. The Labute approximate surface area is 229 Å². The number of anilines is 1. The van der Waals surface area contributed by atoms with Crippen LogP contribution in [0.25, 0.3) is 0 Å². The van der Waals surface area contributed by atoms with Crippen LogP contribution in [-0.4, -0.2) is 72.6 Å². The Morgan fingerprint density at radius 2 is 1.77 bits per heavy atom. The Morgan fingerprint density at radius 1 is 0.974 bits per heavy atom. The number of ether oxygens (including phenoxy) is 1. The maximum atomic E-state index is 13.6. The van der Waals surface area contributed by atoms with Crippen LogP contribution in [-0.2, 0) is 29.0 Å². The summed E-state index contributed by atoms with van der Waals surface area (Å²) in [5, 5.41) is 2.97. The van der Waals surface area contributed by atoms with Crippen molar-refractivity contribution in [1.29, 1.82) is 0 Å². The Morgan fingerprint density at radius 3 is 2.49 bits per heavy atom. The number of furan rings is 1. The average Bonchev–Trinajstić information content (AvgIpc) is 3.47. The van der Waals surface area contributed by atoms with Gasteiger partial charge in [0.2, 0.25) is 5.91 Å². The van der Waals surface area contributed by atoms with Gasteiger partial charge in [0.15, 0.2) is 0 Å². The minimum atomic E-state index is -0.335. The molecule has 0 bridgehead atoms. The van der Waals surface area contributed by atoms with Gasteiger partial charge in [-0.1, -0.05) is 31.2 Å². The summed E-state index contributed by atoms with van der Waals surface area (Å²) in [4.78, 5) is 32.6. The normalized spacial score (nSPS) is 13.7. The lowest BCUT2D eigenvalue weighted by Crippen LogP contribution is -2.45. The van der Waals surface area contributed by atoms with Crippen LogP contribution < -0.4 is 5.32 Å². The fourth-order valence-corrected chi connectivity index (χ4v) is 4.53. The van der Waals surface area contributed by atoms with E-state index in [1.807, 2.05) is 24.3 Å². The van der Waals surface area contributed by atoms with Crippen LogP contribution >= 0.6 is 0 Å². The van der Waals surface area contributed by atoms with E-state index in [0.717, 1.165) is 43.6 Å². The van der Waals surface area contributed by atoms with Crippen molar-refractivity contribution >= 4 is 17.6 Å². The lowest BCUT2D eigenvalue weighted by Gasteiger charge is -2.30. The number of halogens is 1. The SMILES string of the molecule is CCc1cccc(NC(=O)N(CCCN2CCOCC2)CC(=O)N(Cc2ccc(F)cc2)Cc2ccco2)c1. The largest absolute Gasteiger partial charge is 0.467 e. The number of hydrogen-bond acceptors (Lipinski definition) is 5. The van der Waals surface area contributed by atoms with E-state index >= 15 is 0 Å². The molecule has 0 unspecified atom stereocenters. The summed E-state index contributed by atoms with van der Waals surface area (Å²) in [5.74, 6) is 0.0719. The molecule has 0 saturated carbocycles. The first-order valence-corrected chi connectivity index (χ1v) is 13.5. The molecule has 2 aromatic carbocycles. The molecule has 1 aliphatic rings. The number of morpholine rings is 1. The van der Waals surface area contributed by atoms with E-state index in [9.17, 15) is 14.0 Å². The van der Waals surface area contributed by atoms with Crippen molar-refractivity contribution in [3.05, 3.63) is 89.6 Å². The van der Waals surface area contributed by atoms with Gasteiger partial charge in [-0.15, -0.1) is 0 Å². The third-order valence-electron chi connectivity index (χ3n) is 6.77. The zero-order valence-corrected chi connectivity index (χ0v) is 22.5. The summed E-state index contributed by atoms with van der Waals surface area (Å²) in [6, 6.07) is 17.0. The molecule has 3 aromatic rings. The zero-order valence-electron chi connectivity index (χ0n) is 22.5. The third kappa shape index (κ3) is 8.94. The maximum absolute atomic E-state index is 13.6. The predicted octanol–water partition coefficient (Wildman–Crippen LogP) is 4.77. The average molecular weight is 537 g/mol. The Hall–Kier alpha value is -3.69. The molecule has 3 amide bonds. The first-order valence-electron chi connectivity index (χ1n) is 13.5. The second-order valence-corrected chi connectivity index (χ2v) is 9.67. The highest BCUT2D eigenvalue weighted by molar-refractivity contribution is 5.92. The standard InChI is InChI=1S/C30H37FN4O4/c1-2-24-6-3-7-27(20-24)32-30(37)34(14-5-13-33-15-18-38-19-16-33)23-29(36)35(22-28-8-4-17-39-28)21-25-9-11-26(31)12-10-25/h3-4,6-12,17,20H,2,5,13-16,18-19,21-23H2,1H3,(H,32,37). The van der Waals surface area contributed by atoms with Crippen molar-refractivity contribution in [1.82, 2.24) is 14.7 Å². The van der Waals surface area contributed by atoms with Crippen LogP contribution in [0.1, 0.15) is 30.2 Å². The van der Waals surface area contributed by atoms with Gasteiger partial charge in [0, 0.05) is 38.4 Å². The first kappa shape index (κ1) is 28.3. The molecular weight excluding hydrogens is 499 g/mol. The van der Waals surface area contributed by atoms with E-state index in [2.05, 4.69) is 17.1 Å². The molecule has 0 spiro atoms. The molecule has 4 rings (SSSR count). The van der Waals surface area contributed by atoms with Crippen molar-refractivity contribution in [2.24, 2.45) is 0 Å². The van der Waals surface area contributed by atoms with Crippen LogP contribution in [0.5, 0.6) is 0 Å². The molecule has 1 N–H and O–H groups in total. The lowest BCUT2D eigenvalue weighted by molar-refractivity contribution is -0.133. The van der Waals surface area contributed by atoms with Gasteiger partial charge in [0.1, 0.15) is 18.1 Å². The molecular formula is C30H37FN4O4. The van der Waals surface area contributed by atoms with Gasteiger partial charge >= 0.3 is 6.03 Å². The Balaban J connectivity index is 1.47. The molecule has 0 radical (unpaired) electrons. The quantitative estimate of drug-likeness (QED) is 0.361. The molecule has 1 aliphatic heterocycles. The number of benzene rings is 2. The molecule has 2 heterocycles. The van der Waals surface area contributed by atoms with Gasteiger partial charge < -0.3 is 24.3 Å². The van der Waals surface area contributed by atoms with E-state index in [1.165, 1.54) is 12.1 Å². The highest BCUT2D eigenvalue weighted by Gasteiger charge is 2.23. The predicted molar refractivity (Wildman–Crippen MR) is 148 cm³/mol. The molecule has 0 aliphatic carbocycles. The van der Waals surface area contributed by atoms with Crippen LogP contribution in [0.15, 0.2) is 71.3 Å². The third-order valence-corrected chi connectivity index (χ3v) is 6.77. The molecule has 1 aromatic heterocycles. The fourth-order valence-electron chi connectivity index (χ4n) is 4.53. The molecule has 9 heteroatoms. The van der Waals surface area contributed by atoms with Crippen LogP contribution in [0.4, 0.5) is 14.9 Å². The second kappa shape index (κ2) is 14.5. The summed E-state index contributed by atoms with van der Waals surface area (Å²) in [5.41, 5.74) is 2.60. The van der Waals surface area contributed by atoms with Gasteiger partial charge in [-0.2, -0.15) is 0 Å². The summed E-state index contributed by atoms with van der Waals surface area (Å²) in [6.07, 6.45) is 3.15. The van der Waals surface area contributed by atoms with Crippen molar-refractivity contribution in [3.8, 4) is 0 Å². The topological polar surface area (TPSA) is 78.3 Å². The van der Waals surface area contributed by atoms with Crippen molar-refractivity contribution in [2.75, 3.05) is 51.3 Å².